The molecule has 3 nitrogen and oxygen atoms in total. The lowest BCUT2D eigenvalue weighted by molar-refractivity contribution is 0.254. The molecule has 1 aromatic heterocycles. The van der Waals surface area contributed by atoms with Crippen LogP contribution in [-0.4, -0.2) is 37.1 Å². The van der Waals surface area contributed by atoms with Crippen LogP contribution in [0, 0.1) is 0 Å². The van der Waals surface area contributed by atoms with Crippen LogP contribution in [-0.2, 0) is 0 Å². The summed E-state index contributed by atoms with van der Waals surface area (Å²) in [7, 11) is 4.02. The second-order valence-corrected chi connectivity index (χ2v) is 3.88. The van der Waals surface area contributed by atoms with Crippen molar-refractivity contribution in [1.29, 1.82) is 0 Å². The number of hydrogen-bond donors (Lipinski definition) is 0. The quantitative estimate of drug-likeness (QED) is 0.808. The van der Waals surface area contributed by atoms with Gasteiger partial charge in [-0.1, -0.05) is 15.9 Å². The molecule has 13 heavy (non-hydrogen) atoms. The minimum Gasteiger partial charge on any atom is -0.476 e. The molecule has 0 spiro atoms. The van der Waals surface area contributed by atoms with Gasteiger partial charge in [-0.2, -0.15) is 0 Å². The maximum Gasteiger partial charge on any atom is 0.214 e. The smallest absolute Gasteiger partial charge is 0.214 e. The number of likely N-dealkylation sites (N-methyl/N-ethyl adjacent to an activating group) is 1. The Bertz CT molecular complexity index is 266. The third kappa shape index (κ3) is 4.24. The number of halogens is 1. The fourth-order valence-electron chi connectivity index (χ4n) is 0.797. The summed E-state index contributed by atoms with van der Waals surface area (Å²) in [6, 6.07) is 3.73. The third-order valence-corrected chi connectivity index (χ3v) is 1.98. The fourth-order valence-corrected chi connectivity index (χ4v) is 1.11. The summed E-state index contributed by atoms with van der Waals surface area (Å²) in [6.45, 7) is 1.56. The van der Waals surface area contributed by atoms with E-state index in [9.17, 15) is 0 Å². The predicted octanol–water partition coefficient (Wildman–Crippen LogP) is 1.78. The number of ether oxygens (including phenoxy) is 1. The van der Waals surface area contributed by atoms with Gasteiger partial charge < -0.3 is 9.64 Å². The number of nitrogens with zero attached hydrogens (tertiary/aromatic N) is 2. The van der Waals surface area contributed by atoms with E-state index in [0.717, 1.165) is 11.0 Å². The van der Waals surface area contributed by atoms with Gasteiger partial charge in [-0.05, 0) is 20.2 Å². The third-order valence-electron chi connectivity index (χ3n) is 1.49. The van der Waals surface area contributed by atoms with Crippen molar-refractivity contribution in [2.75, 3.05) is 27.2 Å². The van der Waals surface area contributed by atoms with E-state index >= 15 is 0 Å². The van der Waals surface area contributed by atoms with Crippen molar-refractivity contribution in [2.24, 2.45) is 0 Å². The van der Waals surface area contributed by atoms with Gasteiger partial charge in [0.15, 0.2) is 0 Å². The SMILES string of the molecule is CN(C)CCOc1cc(Br)ccn1. The first-order valence-electron chi connectivity index (χ1n) is 4.07. The van der Waals surface area contributed by atoms with Crippen LogP contribution in [0.2, 0.25) is 0 Å². The summed E-state index contributed by atoms with van der Waals surface area (Å²) in [5.74, 6) is 0.663. The fraction of sp³-hybridized carbons (Fsp3) is 0.444. The first-order valence-corrected chi connectivity index (χ1v) is 4.87. The van der Waals surface area contributed by atoms with Crippen LogP contribution >= 0.6 is 15.9 Å². The molecule has 0 fully saturated rings. The molecule has 4 heteroatoms. The molecule has 72 valence electrons. The van der Waals surface area contributed by atoms with Crippen molar-refractivity contribution in [3.63, 3.8) is 0 Å². The summed E-state index contributed by atoms with van der Waals surface area (Å²) < 4.78 is 6.40. The number of rotatable bonds is 4. The standard InChI is InChI=1S/C9H13BrN2O/c1-12(2)5-6-13-9-7-8(10)3-4-11-9/h3-4,7H,5-6H2,1-2H3. The Labute approximate surface area is 86.9 Å². The van der Waals surface area contributed by atoms with Crippen molar-refractivity contribution in [3.05, 3.63) is 22.8 Å². The Morgan fingerprint density at radius 1 is 1.54 bits per heavy atom. The van der Waals surface area contributed by atoms with E-state index in [1.165, 1.54) is 0 Å². The highest BCUT2D eigenvalue weighted by Gasteiger charge is 1.96. The summed E-state index contributed by atoms with van der Waals surface area (Å²) in [4.78, 5) is 6.13. The average Bonchev–Trinajstić information content (AvgIpc) is 2.03. The molecular weight excluding hydrogens is 232 g/mol. The lowest BCUT2D eigenvalue weighted by atomic mass is 10.5. The second kappa shape index (κ2) is 5.19. The van der Waals surface area contributed by atoms with E-state index in [-0.39, 0.29) is 0 Å². The maximum atomic E-state index is 5.41. The molecule has 0 amide bonds. The van der Waals surface area contributed by atoms with Gasteiger partial charge in [0.05, 0.1) is 0 Å². The molecule has 0 aliphatic heterocycles. The molecule has 0 aliphatic carbocycles. The molecule has 0 radical (unpaired) electrons. The normalized spacial score (nSPS) is 10.5. The molecule has 1 heterocycles. The van der Waals surface area contributed by atoms with E-state index in [1.54, 1.807) is 6.20 Å². The highest BCUT2D eigenvalue weighted by molar-refractivity contribution is 9.10. The molecular formula is C9H13BrN2O. The maximum absolute atomic E-state index is 5.41. The molecule has 1 rings (SSSR count). The number of aromatic nitrogens is 1. The van der Waals surface area contributed by atoms with Crippen LogP contribution < -0.4 is 4.74 Å². The van der Waals surface area contributed by atoms with Crippen LogP contribution in [0.25, 0.3) is 0 Å². The molecule has 0 saturated carbocycles. The Hall–Kier alpha value is -0.610. The Morgan fingerprint density at radius 2 is 2.31 bits per heavy atom. The van der Waals surface area contributed by atoms with Crippen LogP contribution in [0.15, 0.2) is 22.8 Å². The minimum atomic E-state index is 0.663. The molecule has 0 unspecified atom stereocenters. The highest BCUT2D eigenvalue weighted by atomic mass is 79.9. The number of hydrogen-bond acceptors (Lipinski definition) is 3. The van der Waals surface area contributed by atoms with Crippen LogP contribution in [0.4, 0.5) is 0 Å². The Morgan fingerprint density at radius 3 is 2.92 bits per heavy atom. The molecule has 0 bridgehead atoms. The van der Waals surface area contributed by atoms with Crippen molar-refractivity contribution >= 4 is 15.9 Å². The largest absolute Gasteiger partial charge is 0.476 e. The van der Waals surface area contributed by atoms with E-state index in [4.69, 9.17) is 4.74 Å². The Balaban J connectivity index is 2.37. The first-order chi connectivity index (χ1) is 6.18. The van der Waals surface area contributed by atoms with E-state index in [2.05, 4.69) is 25.8 Å². The minimum absolute atomic E-state index is 0.663. The Kier molecular flexibility index (Phi) is 4.18. The molecule has 0 atom stereocenters. The summed E-state index contributed by atoms with van der Waals surface area (Å²) in [5.41, 5.74) is 0. The zero-order valence-electron chi connectivity index (χ0n) is 7.83. The van der Waals surface area contributed by atoms with Gasteiger partial charge in [-0.15, -0.1) is 0 Å². The van der Waals surface area contributed by atoms with Crippen LogP contribution in [0.1, 0.15) is 0 Å². The van der Waals surface area contributed by atoms with E-state index < -0.39 is 0 Å². The zero-order chi connectivity index (χ0) is 9.68. The van der Waals surface area contributed by atoms with E-state index in [1.807, 2.05) is 26.2 Å². The molecule has 0 aliphatic rings. The van der Waals surface area contributed by atoms with Gasteiger partial charge in [0.2, 0.25) is 5.88 Å². The lowest BCUT2D eigenvalue weighted by Crippen LogP contribution is -2.19. The van der Waals surface area contributed by atoms with Gasteiger partial charge in [0.1, 0.15) is 6.61 Å². The van der Waals surface area contributed by atoms with Gasteiger partial charge >= 0.3 is 0 Å². The van der Waals surface area contributed by atoms with Gasteiger partial charge in [-0.3, -0.25) is 0 Å². The highest BCUT2D eigenvalue weighted by Crippen LogP contribution is 2.14. The number of pyridine rings is 1. The summed E-state index contributed by atoms with van der Waals surface area (Å²) in [6.07, 6.45) is 1.72. The van der Waals surface area contributed by atoms with E-state index in [0.29, 0.717) is 12.5 Å². The summed E-state index contributed by atoms with van der Waals surface area (Å²) >= 11 is 3.35. The average molecular weight is 245 g/mol. The zero-order valence-corrected chi connectivity index (χ0v) is 9.41. The van der Waals surface area contributed by atoms with Gasteiger partial charge in [-0.25, -0.2) is 4.98 Å². The molecule has 0 saturated heterocycles. The molecule has 0 N–H and O–H groups in total. The van der Waals surface area contributed by atoms with Crippen molar-refractivity contribution < 1.29 is 4.74 Å². The lowest BCUT2D eigenvalue weighted by Gasteiger charge is -2.10. The monoisotopic (exact) mass is 244 g/mol. The predicted molar refractivity (Wildman–Crippen MR) is 56.0 cm³/mol. The van der Waals surface area contributed by atoms with Crippen LogP contribution in [0.3, 0.4) is 0 Å². The van der Waals surface area contributed by atoms with Crippen molar-refractivity contribution in [2.45, 2.75) is 0 Å². The first kappa shape index (κ1) is 10.5. The van der Waals surface area contributed by atoms with Gasteiger partial charge in [0, 0.05) is 23.3 Å². The van der Waals surface area contributed by atoms with Crippen molar-refractivity contribution in [1.82, 2.24) is 9.88 Å². The second-order valence-electron chi connectivity index (χ2n) is 2.96. The molecule has 0 aromatic carbocycles. The van der Waals surface area contributed by atoms with Crippen LogP contribution in [0.5, 0.6) is 5.88 Å². The summed E-state index contributed by atoms with van der Waals surface area (Å²) in [5, 5.41) is 0. The topological polar surface area (TPSA) is 25.4 Å². The van der Waals surface area contributed by atoms with Gasteiger partial charge in [0.25, 0.3) is 0 Å². The molecule has 1 aromatic rings. The van der Waals surface area contributed by atoms with Crippen molar-refractivity contribution in [3.8, 4) is 5.88 Å².